The van der Waals surface area contributed by atoms with Gasteiger partial charge < -0.3 is 10.2 Å². The summed E-state index contributed by atoms with van der Waals surface area (Å²) in [6, 6.07) is 20.7. The van der Waals surface area contributed by atoms with E-state index in [1.807, 2.05) is 49.4 Å². The van der Waals surface area contributed by atoms with Crippen molar-refractivity contribution in [2.75, 3.05) is 17.1 Å². The lowest BCUT2D eigenvalue weighted by molar-refractivity contribution is -0.140. The predicted octanol–water partition coefficient (Wildman–Crippen LogP) is 6.02. The first-order valence-electron chi connectivity index (χ1n) is 14.2. The van der Waals surface area contributed by atoms with Crippen molar-refractivity contribution < 1.29 is 18.0 Å². The highest BCUT2D eigenvalue weighted by molar-refractivity contribution is 7.92. The second kappa shape index (κ2) is 14.4. The number of para-hydroxylation sites is 1. The molecule has 3 aromatic carbocycles. The highest BCUT2D eigenvalue weighted by Crippen LogP contribution is 2.29. The van der Waals surface area contributed by atoms with Crippen molar-refractivity contribution in [1.29, 1.82) is 0 Å². The molecule has 1 aliphatic rings. The van der Waals surface area contributed by atoms with Gasteiger partial charge in [0.2, 0.25) is 21.8 Å². The molecule has 0 aliphatic heterocycles. The summed E-state index contributed by atoms with van der Waals surface area (Å²) in [7, 11) is -3.86. The Balaban J connectivity index is 1.78. The summed E-state index contributed by atoms with van der Waals surface area (Å²) in [5, 5.41) is 3.86. The quantitative estimate of drug-likeness (QED) is 0.265. The van der Waals surface area contributed by atoms with Gasteiger partial charge >= 0.3 is 0 Å². The molecule has 0 aromatic heterocycles. The van der Waals surface area contributed by atoms with Gasteiger partial charge in [-0.1, -0.05) is 97.6 Å². The number of carbonyl (C=O) groups excluding carboxylic acids is 2. The van der Waals surface area contributed by atoms with Crippen LogP contribution >= 0.6 is 23.2 Å². The van der Waals surface area contributed by atoms with E-state index in [4.69, 9.17) is 23.2 Å². The minimum absolute atomic E-state index is 0.0283. The Bertz CT molecular complexity index is 1470. The van der Waals surface area contributed by atoms with Crippen LogP contribution in [0.3, 0.4) is 0 Å². The molecule has 1 atom stereocenters. The van der Waals surface area contributed by atoms with Crippen LogP contribution in [0.15, 0.2) is 72.8 Å². The van der Waals surface area contributed by atoms with Gasteiger partial charge in [-0.2, -0.15) is 0 Å². The predicted molar refractivity (Wildman–Crippen MR) is 169 cm³/mol. The van der Waals surface area contributed by atoms with E-state index in [0.717, 1.165) is 47.4 Å². The Morgan fingerprint density at radius 1 is 0.929 bits per heavy atom. The van der Waals surface area contributed by atoms with Crippen LogP contribution in [-0.2, 0) is 39.0 Å². The lowest BCUT2D eigenvalue weighted by atomic mass is 10.0. The van der Waals surface area contributed by atoms with E-state index in [-0.39, 0.29) is 24.9 Å². The SMILES string of the molecule is CCc1ccccc1N(CC(=O)N(Cc1c(Cl)cccc1Cl)C(Cc1ccccc1)C(=O)NC1CCCC1)S(C)(=O)=O. The van der Waals surface area contributed by atoms with Crippen molar-refractivity contribution >= 4 is 50.7 Å². The van der Waals surface area contributed by atoms with Crippen molar-refractivity contribution in [2.24, 2.45) is 0 Å². The van der Waals surface area contributed by atoms with Gasteiger partial charge in [-0.25, -0.2) is 8.42 Å². The van der Waals surface area contributed by atoms with Gasteiger partial charge in [0.05, 0.1) is 11.9 Å². The first kappa shape index (κ1) is 31.9. The number of carbonyl (C=O) groups is 2. The summed E-state index contributed by atoms with van der Waals surface area (Å²) >= 11 is 13.1. The van der Waals surface area contributed by atoms with Crippen LogP contribution in [0.25, 0.3) is 0 Å². The third-order valence-electron chi connectivity index (χ3n) is 7.68. The monoisotopic (exact) mass is 629 g/mol. The van der Waals surface area contributed by atoms with Crippen molar-refractivity contribution in [3.63, 3.8) is 0 Å². The fraction of sp³-hybridized carbons (Fsp3) is 0.375. The van der Waals surface area contributed by atoms with Crippen LogP contribution < -0.4 is 9.62 Å². The zero-order valence-corrected chi connectivity index (χ0v) is 26.3. The summed E-state index contributed by atoms with van der Waals surface area (Å²) in [4.78, 5) is 29.7. The fourth-order valence-corrected chi connectivity index (χ4v) is 6.82. The molecule has 7 nitrogen and oxygen atoms in total. The molecule has 42 heavy (non-hydrogen) atoms. The molecule has 224 valence electrons. The van der Waals surface area contributed by atoms with Crippen LogP contribution in [0.5, 0.6) is 0 Å². The number of anilines is 1. The second-order valence-electron chi connectivity index (χ2n) is 10.7. The summed E-state index contributed by atoms with van der Waals surface area (Å²) in [5.74, 6) is -0.827. The van der Waals surface area contributed by atoms with E-state index in [0.29, 0.717) is 27.7 Å². The van der Waals surface area contributed by atoms with E-state index in [1.54, 1.807) is 30.3 Å². The molecule has 0 heterocycles. The molecule has 0 saturated heterocycles. The highest BCUT2D eigenvalue weighted by atomic mass is 35.5. The standard InChI is InChI=1S/C32H37Cl2N3O4S/c1-3-24-14-7-10-19-29(24)37(42(2,40)41)22-31(38)36(21-26-27(33)17-11-18-28(26)34)30(20-23-12-5-4-6-13-23)32(39)35-25-15-8-9-16-25/h4-7,10-14,17-19,25,30H,3,8-9,15-16,20-22H2,1-2H3,(H,35,39). The van der Waals surface area contributed by atoms with Crippen LogP contribution in [0.2, 0.25) is 10.0 Å². The molecule has 4 rings (SSSR count). The molecule has 1 unspecified atom stereocenters. The molecule has 1 N–H and O–H groups in total. The third-order valence-corrected chi connectivity index (χ3v) is 9.52. The van der Waals surface area contributed by atoms with E-state index in [2.05, 4.69) is 5.32 Å². The number of halogens is 2. The second-order valence-corrected chi connectivity index (χ2v) is 13.4. The highest BCUT2D eigenvalue weighted by Gasteiger charge is 2.35. The van der Waals surface area contributed by atoms with Gasteiger partial charge in [0.25, 0.3) is 0 Å². The number of hydrogen-bond donors (Lipinski definition) is 1. The van der Waals surface area contributed by atoms with E-state index >= 15 is 0 Å². The molecule has 0 bridgehead atoms. The molecule has 10 heteroatoms. The maximum atomic E-state index is 14.3. The summed E-state index contributed by atoms with van der Waals surface area (Å²) in [5.41, 5.74) is 2.57. The number of sulfonamides is 1. The Hall–Kier alpha value is -3.07. The molecule has 1 fully saturated rings. The Morgan fingerprint density at radius 3 is 2.17 bits per heavy atom. The summed E-state index contributed by atoms with van der Waals surface area (Å²) in [6.45, 7) is 1.37. The molecule has 0 radical (unpaired) electrons. The molecule has 3 aromatic rings. The van der Waals surface area contributed by atoms with Crippen LogP contribution in [-0.4, -0.2) is 50.0 Å². The summed E-state index contributed by atoms with van der Waals surface area (Å²) < 4.78 is 27.3. The zero-order valence-electron chi connectivity index (χ0n) is 23.9. The molecule has 2 amide bonds. The van der Waals surface area contributed by atoms with E-state index in [1.165, 1.54) is 4.90 Å². The number of aryl methyl sites for hydroxylation is 1. The Kier molecular flexibility index (Phi) is 10.9. The minimum Gasteiger partial charge on any atom is -0.352 e. The van der Waals surface area contributed by atoms with Crippen LogP contribution in [0.4, 0.5) is 5.69 Å². The number of rotatable bonds is 12. The smallest absolute Gasteiger partial charge is 0.244 e. The van der Waals surface area contributed by atoms with Crippen molar-refractivity contribution in [3.8, 4) is 0 Å². The van der Waals surface area contributed by atoms with Crippen LogP contribution in [0, 0.1) is 0 Å². The number of benzene rings is 3. The Morgan fingerprint density at radius 2 is 1.55 bits per heavy atom. The van der Waals surface area contributed by atoms with E-state index in [9.17, 15) is 18.0 Å². The lowest BCUT2D eigenvalue weighted by Gasteiger charge is -2.34. The van der Waals surface area contributed by atoms with Gasteiger partial charge in [-0.05, 0) is 48.6 Å². The normalized spacial score (nSPS) is 14.4. The van der Waals surface area contributed by atoms with Crippen LogP contribution in [0.1, 0.15) is 49.3 Å². The molecule has 0 spiro atoms. The molecule has 1 aliphatic carbocycles. The van der Waals surface area contributed by atoms with E-state index < -0.39 is 28.5 Å². The number of nitrogens with one attached hydrogen (secondary N) is 1. The first-order chi connectivity index (χ1) is 20.1. The number of nitrogens with zero attached hydrogens (tertiary/aromatic N) is 2. The van der Waals surface area contributed by atoms with Gasteiger partial charge in [0.15, 0.2) is 0 Å². The third kappa shape index (κ3) is 8.06. The van der Waals surface area contributed by atoms with Gasteiger partial charge in [0.1, 0.15) is 12.6 Å². The maximum absolute atomic E-state index is 14.3. The maximum Gasteiger partial charge on any atom is 0.244 e. The van der Waals surface area contributed by atoms with Gasteiger partial charge in [0, 0.05) is 34.6 Å². The average molecular weight is 631 g/mol. The minimum atomic E-state index is -3.86. The van der Waals surface area contributed by atoms with Gasteiger partial charge in [-0.15, -0.1) is 0 Å². The lowest BCUT2D eigenvalue weighted by Crippen LogP contribution is -2.54. The molecule has 1 saturated carbocycles. The fourth-order valence-electron chi connectivity index (χ4n) is 5.42. The van der Waals surface area contributed by atoms with Gasteiger partial charge in [-0.3, -0.25) is 13.9 Å². The first-order valence-corrected chi connectivity index (χ1v) is 16.8. The largest absolute Gasteiger partial charge is 0.352 e. The molecular formula is C32H37Cl2N3O4S. The summed E-state index contributed by atoms with van der Waals surface area (Å²) in [6.07, 6.45) is 5.72. The van der Waals surface area contributed by atoms with Crippen molar-refractivity contribution in [2.45, 2.75) is 64.1 Å². The Labute approximate surface area is 258 Å². The molecular weight excluding hydrogens is 593 g/mol. The topological polar surface area (TPSA) is 86.8 Å². The van der Waals surface area contributed by atoms with Crippen molar-refractivity contribution in [1.82, 2.24) is 10.2 Å². The number of amides is 2. The number of hydrogen-bond acceptors (Lipinski definition) is 4. The average Bonchev–Trinajstić information content (AvgIpc) is 3.47. The van der Waals surface area contributed by atoms with Crippen molar-refractivity contribution in [3.05, 3.63) is 99.5 Å². The zero-order chi connectivity index (χ0) is 30.3.